The lowest BCUT2D eigenvalue weighted by atomic mass is 9.99. The Labute approximate surface area is 143 Å². The number of aromatic nitrogens is 2. The third-order valence-corrected chi connectivity index (χ3v) is 4.71. The molecule has 3 rings (SSSR count). The maximum Gasteiger partial charge on any atom is 0.276 e. The number of carbonyl (C=O) groups excluding carboxylic acids is 1. The SMILES string of the molecule is Cc1cccc(C)c1NC(=O)c1ccc(N2CCC(C)CC2)nn1. The van der Waals surface area contributed by atoms with Gasteiger partial charge in [-0.3, -0.25) is 4.79 Å². The van der Waals surface area contributed by atoms with Gasteiger partial charge in [-0.05, 0) is 55.9 Å². The summed E-state index contributed by atoms with van der Waals surface area (Å²) in [5.74, 6) is 1.40. The number of rotatable bonds is 3. The second kappa shape index (κ2) is 6.99. The number of amides is 1. The molecule has 0 aliphatic carbocycles. The maximum atomic E-state index is 12.4. The van der Waals surface area contributed by atoms with E-state index >= 15 is 0 Å². The first kappa shape index (κ1) is 16.4. The quantitative estimate of drug-likeness (QED) is 0.937. The lowest BCUT2D eigenvalue weighted by molar-refractivity contribution is 0.102. The van der Waals surface area contributed by atoms with Crippen LogP contribution in [0, 0.1) is 19.8 Å². The summed E-state index contributed by atoms with van der Waals surface area (Å²) in [6.07, 6.45) is 2.35. The molecular weight excluding hydrogens is 300 g/mol. The van der Waals surface area contributed by atoms with Gasteiger partial charge in [-0.2, -0.15) is 0 Å². The first-order valence-electron chi connectivity index (χ1n) is 8.51. The number of aryl methyl sites for hydroxylation is 2. The van der Waals surface area contributed by atoms with Crippen LogP contribution in [0.1, 0.15) is 41.4 Å². The highest BCUT2D eigenvalue weighted by molar-refractivity contribution is 6.03. The molecule has 126 valence electrons. The van der Waals surface area contributed by atoms with Crippen LogP contribution in [0.15, 0.2) is 30.3 Å². The Balaban J connectivity index is 1.70. The monoisotopic (exact) mass is 324 g/mol. The van der Waals surface area contributed by atoms with Crippen LogP contribution in [0.4, 0.5) is 11.5 Å². The summed E-state index contributed by atoms with van der Waals surface area (Å²) in [4.78, 5) is 14.7. The van der Waals surface area contributed by atoms with Crippen molar-refractivity contribution in [2.45, 2.75) is 33.6 Å². The molecule has 1 fully saturated rings. The topological polar surface area (TPSA) is 58.1 Å². The molecule has 1 aliphatic rings. The molecule has 5 heteroatoms. The molecule has 1 aromatic carbocycles. The van der Waals surface area contributed by atoms with Crippen molar-refractivity contribution >= 4 is 17.4 Å². The van der Waals surface area contributed by atoms with Crippen molar-refractivity contribution in [3.8, 4) is 0 Å². The van der Waals surface area contributed by atoms with Crippen LogP contribution >= 0.6 is 0 Å². The fraction of sp³-hybridized carbons (Fsp3) is 0.421. The Morgan fingerprint density at radius 2 is 1.75 bits per heavy atom. The Morgan fingerprint density at radius 1 is 1.08 bits per heavy atom. The highest BCUT2D eigenvalue weighted by atomic mass is 16.1. The molecule has 24 heavy (non-hydrogen) atoms. The summed E-state index contributed by atoms with van der Waals surface area (Å²) in [6.45, 7) is 8.25. The molecule has 1 saturated heterocycles. The Bertz CT molecular complexity index is 698. The zero-order valence-electron chi connectivity index (χ0n) is 14.5. The van der Waals surface area contributed by atoms with E-state index in [1.165, 1.54) is 12.8 Å². The molecule has 1 N–H and O–H groups in total. The number of nitrogens with one attached hydrogen (secondary N) is 1. The molecule has 0 saturated carbocycles. The van der Waals surface area contributed by atoms with E-state index in [1.54, 1.807) is 6.07 Å². The van der Waals surface area contributed by atoms with Gasteiger partial charge < -0.3 is 10.2 Å². The van der Waals surface area contributed by atoms with Gasteiger partial charge in [0.1, 0.15) is 0 Å². The van der Waals surface area contributed by atoms with Gasteiger partial charge in [-0.1, -0.05) is 25.1 Å². The number of hydrogen-bond acceptors (Lipinski definition) is 4. The summed E-state index contributed by atoms with van der Waals surface area (Å²) in [7, 11) is 0. The summed E-state index contributed by atoms with van der Waals surface area (Å²) in [5.41, 5.74) is 3.26. The number of piperidine rings is 1. The van der Waals surface area contributed by atoms with Crippen LogP contribution < -0.4 is 10.2 Å². The number of benzene rings is 1. The Morgan fingerprint density at radius 3 is 2.33 bits per heavy atom. The molecule has 0 radical (unpaired) electrons. The van der Waals surface area contributed by atoms with E-state index < -0.39 is 0 Å². The van der Waals surface area contributed by atoms with E-state index in [1.807, 2.05) is 38.1 Å². The van der Waals surface area contributed by atoms with Gasteiger partial charge in [0.15, 0.2) is 11.5 Å². The molecule has 0 atom stereocenters. The van der Waals surface area contributed by atoms with Crippen molar-refractivity contribution in [3.05, 3.63) is 47.2 Å². The van der Waals surface area contributed by atoms with E-state index in [9.17, 15) is 4.79 Å². The Hall–Kier alpha value is -2.43. The highest BCUT2D eigenvalue weighted by Gasteiger charge is 2.18. The number of hydrogen-bond donors (Lipinski definition) is 1. The minimum Gasteiger partial charge on any atom is -0.355 e. The van der Waals surface area contributed by atoms with Crippen molar-refractivity contribution in [1.29, 1.82) is 0 Å². The van der Waals surface area contributed by atoms with Gasteiger partial charge in [-0.15, -0.1) is 10.2 Å². The molecule has 1 aliphatic heterocycles. The molecule has 5 nitrogen and oxygen atoms in total. The number of nitrogens with zero attached hydrogens (tertiary/aromatic N) is 3. The second-order valence-electron chi connectivity index (χ2n) is 6.67. The van der Waals surface area contributed by atoms with E-state index in [0.717, 1.165) is 41.6 Å². The van der Waals surface area contributed by atoms with Gasteiger partial charge in [0.25, 0.3) is 5.91 Å². The highest BCUT2D eigenvalue weighted by Crippen LogP contribution is 2.22. The van der Waals surface area contributed by atoms with E-state index in [-0.39, 0.29) is 5.91 Å². The number of para-hydroxylation sites is 1. The normalized spacial score (nSPS) is 15.4. The van der Waals surface area contributed by atoms with E-state index in [2.05, 4.69) is 27.3 Å². The molecule has 1 amide bonds. The van der Waals surface area contributed by atoms with Crippen molar-refractivity contribution in [1.82, 2.24) is 10.2 Å². The van der Waals surface area contributed by atoms with Crippen molar-refractivity contribution in [2.24, 2.45) is 5.92 Å². The minimum absolute atomic E-state index is 0.223. The fourth-order valence-corrected chi connectivity index (χ4v) is 3.04. The molecule has 2 aromatic rings. The number of anilines is 2. The first-order chi connectivity index (χ1) is 11.5. The zero-order chi connectivity index (χ0) is 17.1. The predicted octanol–water partition coefficient (Wildman–Crippen LogP) is 3.58. The second-order valence-corrected chi connectivity index (χ2v) is 6.67. The summed E-state index contributed by atoms with van der Waals surface area (Å²) in [5, 5.41) is 11.3. The number of carbonyl (C=O) groups is 1. The van der Waals surface area contributed by atoms with Gasteiger partial charge >= 0.3 is 0 Å². The van der Waals surface area contributed by atoms with Gasteiger partial charge in [0.05, 0.1) is 0 Å². The largest absolute Gasteiger partial charge is 0.355 e. The van der Waals surface area contributed by atoms with Gasteiger partial charge in [-0.25, -0.2) is 0 Å². The molecule has 0 unspecified atom stereocenters. The zero-order valence-corrected chi connectivity index (χ0v) is 14.5. The smallest absolute Gasteiger partial charge is 0.276 e. The summed E-state index contributed by atoms with van der Waals surface area (Å²) < 4.78 is 0. The predicted molar refractivity (Wildman–Crippen MR) is 96.5 cm³/mol. The van der Waals surface area contributed by atoms with Crippen LogP contribution in [0.25, 0.3) is 0 Å². The molecule has 1 aromatic heterocycles. The lowest BCUT2D eigenvalue weighted by Crippen LogP contribution is -2.33. The van der Waals surface area contributed by atoms with Crippen LogP contribution in [0.3, 0.4) is 0 Å². The molecular formula is C19H24N4O. The van der Waals surface area contributed by atoms with Crippen LogP contribution in [-0.4, -0.2) is 29.2 Å². The van der Waals surface area contributed by atoms with Crippen molar-refractivity contribution in [3.63, 3.8) is 0 Å². The third-order valence-electron chi connectivity index (χ3n) is 4.71. The first-order valence-corrected chi connectivity index (χ1v) is 8.51. The fourth-order valence-electron chi connectivity index (χ4n) is 3.04. The molecule has 0 bridgehead atoms. The summed E-state index contributed by atoms with van der Waals surface area (Å²) >= 11 is 0. The van der Waals surface area contributed by atoms with Gasteiger partial charge in [0, 0.05) is 18.8 Å². The third kappa shape index (κ3) is 3.55. The minimum atomic E-state index is -0.223. The molecule has 0 spiro atoms. The standard InChI is InChI=1S/C19H24N4O/c1-13-9-11-23(12-10-13)17-8-7-16(21-22-17)19(24)20-18-14(2)5-4-6-15(18)3/h4-8,13H,9-12H2,1-3H3,(H,20,24). The van der Waals surface area contributed by atoms with E-state index in [4.69, 9.17) is 0 Å². The molecule has 2 heterocycles. The maximum absolute atomic E-state index is 12.4. The van der Waals surface area contributed by atoms with E-state index in [0.29, 0.717) is 5.69 Å². The average molecular weight is 324 g/mol. The van der Waals surface area contributed by atoms with Crippen LogP contribution in [0.5, 0.6) is 0 Å². The average Bonchev–Trinajstić information content (AvgIpc) is 2.59. The lowest BCUT2D eigenvalue weighted by Gasteiger charge is -2.30. The van der Waals surface area contributed by atoms with Crippen LogP contribution in [-0.2, 0) is 0 Å². The summed E-state index contributed by atoms with van der Waals surface area (Å²) in [6, 6.07) is 9.59. The van der Waals surface area contributed by atoms with Crippen molar-refractivity contribution < 1.29 is 4.79 Å². The van der Waals surface area contributed by atoms with Crippen molar-refractivity contribution in [2.75, 3.05) is 23.3 Å². The Kier molecular flexibility index (Phi) is 4.79. The van der Waals surface area contributed by atoms with Gasteiger partial charge in [0.2, 0.25) is 0 Å². The van der Waals surface area contributed by atoms with Crippen LogP contribution in [0.2, 0.25) is 0 Å².